The van der Waals surface area contributed by atoms with Gasteiger partial charge >= 0.3 is 5.97 Å². The first-order valence-corrected chi connectivity index (χ1v) is 5.73. The Bertz CT molecular complexity index is 498. The summed E-state index contributed by atoms with van der Waals surface area (Å²) in [6, 6.07) is 2.72. The van der Waals surface area contributed by atoms with E-state index in [0.29, 0.717) is 6.29 Å². The number of carbonyl (C=O) groups is 2. The molecular weight excluding hydrogens is 268 g/mol. The highest BCUT2D eigenvalue weighted by Crippen LogP contribution is 2.37. The van der Waals surface area contributed by atoms with Crippen molar-refractivity contribution >= 4 is 12.3 Å². The fourth-order valence-electron chi connectivity index (χ4n) is 1.80. The largest absolute Gasteiger partial charge is 0.493 e. The number of aldehydes is 1. The standard InChI is InChI=1S/C13H16O7/c1-19-10-4-7(6-14)3-8(13(10)20-2)12(18)9(15)5-11(16)17/h3-4,6,9,12,15,18H,5H2,1-2H3,(H,16,17). The van der Waals surface area contributed by atoms with Crippen molar-refractivity contribution < 1.29 is 34.4 Å². The first-order chi connectivity index (χ1) is 9.44. The summed E-state index contributed by atoms with van der Waals surface area (Å²) in [5.74, 6) is -0.919. The minimum atomic E-state index is -1.53. The van der Waals surface area contributed by atoms with Crippen molar-refractivity contribution in [3.8, 4) is 11.5 Å². The molecule has 0 amide bonds. The van der Waals surface area contributed by atoms with Gasteiger partial charge in [0.15, 0.2) is 11.5 Å². The summed E-state index contributed by atoms with van der Waals surface area (Å²) < 4.78 is 10.1. The van der Waals surface area contributed by atoms with Crippen LogP contribution in [-0.4, -0.2) is 47.9 Å². The van der Waals surface area contributed by atoms with Crippen molar-refractivity contribution in [1.82, 2.24) is 0 Å². The summed E-state index contributed by atoms with van der Waals surface area (Å²) in [6.45, 7) is 0. The van der Waals surface area contributed by atoms with E-state index in [1.807, 2.05) is 0 Å². The van der Waals surface area contributed by atoms with Crippen LogP contribution in [0.3, 0.4) is 0 Å². The number of methoxy groups -OCH3 is 2. The summed E-state index contributed by atoms with van der Waals surface area (Å²) >= 11 is 0. The Balaban J connectivity index is 3.26. The summed E-state index contributed by atoms with van der Waals surface area (Å²) in [4.78, 5) is 21.4. The quantitative estimate of drug-likeness (QED) is 0.620. The van der Waals surface area contributed by atoms with Crippen LogP contribution in [0, 0.1) is 0 Å². The predicted octanol–water partition coefficient (Wildman–Crippen LogP) is 0.385. The molecule has 0 aromatic heterocycles. The van der Waals surface area contributed by atoms with Crippen LogP contribution in [0.5, 0.6) is 11.5 Å². The molecule has 0 saturated carbocycles. The maximum absolute atomic E-state index is 10.9. The van der Waals surface area contributed by atoms with Crippen LogP contribution >= 0.6 is 0 Å². The van der Waals surface area contributed by atoms with Gasteiger partial charge in [-0.15, -0.1) is 0 Å². The van der Waals surface area contributed by atoms with Crippen LogP contribution in [0.1, 0.15) is 28.4 Å². The molecule has 0 bridgehead atoms. The Morgan fingerprint density at radius 3 is 2.40 bits per heavy atom. The molecule has 1 aromatic carbocycles. The zero-order chi connectivity index (χ0) is 15.3. The fraction of sp³-hybridized carbons (Fsp3) is 0.385. The minimum absolute atomic E-state index is 0.0858. The van der Waals surface area contributed by atoms with Crippen molar-refractivity contribution in [3.63, 3.8) is 0 Å². The molecule has 0 saturated heterocycles. The van der Waals surface area contributed by atoms with Crippen LogP contribution in [0.25, 0.3) is 0 Å². The van der Waals surface area contributed by atoms with Gasteiger partial charge in [0.05, 0.1) is 26.7 Å². The number of benzene rings is 1. The van der Waals surface area contributed by atoms with Gasteiger partial charge in [-0.25, -0.2) is 0 Å². The number of carboxylic acids is 1. The van der Waals surface area contributed by atoms with Crippen molar-refractivity contribution in [3.05, 3.63) is 23.3 Å². The Morgan fingerprint density at radius 2 is 1.95 bits per heavy atom. The van der Waals surface area contributed by atoms with Gasteiger partial charge in [0.2, 0.25) is 0 Å². The van der Waals surface area contributed by atoms with Gasteiger partial charge in [-0.3, -0.25) is 9.59 Å². The number of aliphatic hydroxyl groups is 2. The van der Waals surface area contributed by atoms with Crippen molar-refractivity contribution in [2.45, 2.75) is 18.6 Å². The normalized spacial score (nSPS) is 13.4. The van der Waals surface area contributed by atoms with E-state index in [4.69, 9.17) is 14.6 Å². The number of aliphatic hydroxyl groups excluding tert-OH is 2. The average molecular weight is 284 g/mol. The smallest absolute Gasteiger partial charge is 0.306 e. The lowest BCUT2D eigenvalue weighted by atomic mass is 9.98. The van der Waals surface area contributed by atoms with Crippen LogP contribution in [-0.2, 0) is 4.79 Å². The third kappa shape index (κ3) is 3.46. The topological polar surface area (TPSA) is 113 Å². The lowest BCUT2D eigenvalue weighted by Gasteiger charge is -2.21. The summed E-state index contributed by atoms with van der Waals surface area (Å²) in [6.07, 6.45) is -3.15. The summed E-state index contributed by atoms with van der Waals surface area (Å²) in [5, 5.41) is 28.3. The van der Waals surface area contributed by atoms with Gasteiger partial charge in [-0.2, -0.15) is 0 Å². The molecule has 2 atom stereocenters. The van der Waals surface area contributed by atoms with E-state index in [2.05, 4.69) is 0 Å². The van der Waals surface area contributed by atoms with Gasteiger partial charge in [0.25, 0.3) is 0 Å². The summed E-state index contributed by atoms with van der Waals surface area (Å²) in [5.41, 5.74) is 0.293. The van der Waals surface area contributed by atoms with E-state index in [-0.39, 0.29) is 22.6 Å². The number of carboxylic acid groups (broad SMARTS) is 1. The van der Waals surface area contributed by atoms with Gasteiger partial charge in [-0.05, 0) is 12.1 Å². The second-order valence-electron chi connectivity index (χ2n) is 4.07. The molecule has 0 heterocycles. The number of rotatable bonds is 7. The Kier molecular flexibility index (Phi) is 5.48. The lowest BCUT2D eigenvalue weighted by Crippen LogP contribution is -2.22. The van der Waals surface area contributed by atoms with E-state index in [0.717, 1.165) is 0 Å². The lowest BCUT2D eigenvalue weighted by molar-refractivity contribution is -0.141. The SMILES string of the molecule is COc1cc(C=O)cc(C(O)C(O)CC(=O)O)c1OC. The first-order valence-electron chi connectivity index (χ1n) is 5.73. The van der Waals surface area contributed by atoms with Crippen LogP contribution in [0.15, 0.2) is 12.1 Å². The van der Waals surface area contributed by atoms with Crippen molar-refractivity contribution in [2.24, 2.45) is 0 Å². The van der Waals surface area contributed by atoms with Crippen LogP contribution in [0.2, 0.25) is 0 Å². The molecule has 20 heavy (non-hydrogen) atoms. The number of hydrogen-bond donors (Lipinski definition) is 3. The third-order valence-electron chi connectivity index (χ3n) is 2.73. The second kappa shape index (κ2) is 6.88. The molecule has 0 aliphatic rings. The average Bonchev–Trinajstić information content (AvgIpc) is 2.43. The number of aliphatic carboxylic acids is 1. The highest BCUT2D eigenvalue weighted by atomic mass is 16.5. The maximum Gasteiger partial charge on any atom is 0.306 e. The molecule has 7 nitrogen and oxygen atoms in total. The zero-order valence-corrected chi connectivity index (χ0v) is 11.1. The van der Waals surface area contributed by atoms with Crippen molar-refractivity contribution in [2.75, 3.05) is 14.2 Å². The van der Waals surface area contributed by atoms with Gasteiger partial charge < -0.3 is 24.8 Å². The first kappa shape index (κ1) is 15.9. The molecule has 2 unspecified atom stereocenters. The molecule has 0 aliphatic heterocycles. The maximum atomic E-state index is 10.9. The highest BCUT2D eigenvalue weighted by Gasteiger charge is 2.26. The number of ether oxygens (including phenoxy) is 2. The zero-order valence-electron chi connectivity index (χ0n) is 11.1. The number of carbonyl (C=O) groups excluding carboxylic acids is 1. The monoisotopic (exact) mass is 284 g/mol. The molecule has 1 aromatic rings. The highest BCUT2D eigenvalue weighted by molar-refractivity contribution is 5.77. The number of hydrogen-bond acceptors (Lipinski definition) is 6. The van der Waals surface area contributed by atoms with Gasteiger partial charge in [0.1, 0.15) is 12.4 Å². The molecule has 0 spiro atoms. The molecule has 3 N–H and O–H groups in total. The molecule has 110 valence electrons. The van der Waals surface area contributed by atoms with Gasteiger partial charge in [-0.1, -0.05) is 0 Å². The van der Waals surface area contributed by atoms with E-state index in [1.165, 1.54) is 26.4 Å². The van der Waals surface area contributed by atoms with E-state index >= 15 is 0 Å². The van der Waals surface area contributed by atoms with Crippen LogP contribution in [0.4, 0.5) is 0 Å². The third-order valence-corrected chi connectivity index (χ3v) is 2.73. The Morgan fingerprint density at radius 1 is 1.30 bits per heavy atom. The molecule has 1 rings (SSSR count). The Hall–Kier alpha value is -2.12. The molecular formula is C13H16O7. The van der Waals surface area contributed by atoms with Crippen molar-refractivity contribution in [1.29, 1.82) is 0 Å². The van der Waals surface area contributed by atoms with Gasteiger partial charge in [0, 0.05) is 11.1 Å². The minimum Gasteiger partial charge on any atom is -0.493 e. The summed E-state index contributed by atoms with van der Waals surface area (Å²) in [7, 11) is 2.69. The molecule has 7 heteroatoms. The van der Waals surface area contributed by atoms with Crippen LogP contribution < -0.4 is 9.47 Å². The molecule has 0 radical (unpaired) electrons. The van der Waals surface area contributed by atoms with E-state index in [9.17, 15) is 19.8 Å². The fourth-order valence-corrected chi connectivity index (χ4v) is 1.80. The van der Waals surface area contributed by atoms with E-state index in [1.54, 1.807) is 0 Å². The van der Waals surface area contributed by atoms with E-state index < -0.39 is 24.6 Å². The second-order valence-corrected chi connectivity index (χ2v) is 4.07. The molecule has 0 aliphatic carbocycles. The Labute approximate surface area is 115 Å². The molecule has 0 fully saturated rings. The predicted molar refractivity (Wildman–Crippen MR) is 68.2 cm³/mol.